The van der Waals surface area contributed by atoms with E-state index in [4.69, 9.17) is 0 Å². The summed E-state index contributed by atoms with van der Waals surface area (Å²) in [7, 11) is 0. The second kappa shape index (κ2) is 11.0. The van der Waals surface area contributed by atoms with Crippen molar-refractivity contribution >= 4 is 24.0 Å². The first-order valence-corrected chi connectivity index (χ1v) is 5.45. The van der Waals surface area contributed by atoms with Crippen molar-refractivity contribution in [3.8, 4) is 0 Å². The molecule has 0 fully saturated rings. The molecular formula is C13H23I. The molecule has 0 amide bonds. The van der Waals surface area contributed by atoms with Gasteiger partial charge in [0.2, 0.25) is 0 Å². The van der Waals surface area contributed by atoms with Crippen LogP contribution in [0.3, 0.4) is 0 Å². The summed E-state index contributed by atoms with van der Waals surface area (Å²) in [6, 6.07) is 8.72. The topological polar surface area (TPSA) is 0 Å². The molecule has 0 aliphatic carbocycles. The van der Waals surface area contributed by atoms with E-state index in [1.54, 1.807) is 0 Å². The van der Waals surface area contributed by atoms with E-state index in [1.165, 1.54) is 24.0 Å². The van der Waals surface area contributed by atoms with Gasteiger partial charge in [-0.1, -0.05) is 58.4 Å². The quantitative estimate of drug-likeness (QED) is 0.701. The van der Waals surface area contributed by atoms with Crippen LogP contribution in [-0.4, -0.2) is 0 Å². The molecule has 1 aromatic rings. The summed E-state index contributed by atoms with van der Waals surface area (Å²) >= 11 is 0. The van der Waals surface area contributed by atoms with Crippen molar-refractivity contribution in [2.24, 2.45) is 0 Å². The lowest BCUT2D eigenvalue weighted by Crippen LogP contribution is -1.90. The monoisotopic (exact) mass is 306 g/mol. The molecule has 0 aliphatic heterocycles. The normalized spacial score (nSPS) is 8.29. The first-order chi connectivity index (χ1) is 6.38. The van der Waals surface area contributed by atoms with Crippen LogP contribution in [0.15, 0.2) is 24.3 Å². The number of hydrogen-bond acceptors (Lipinski definition) is 0. The van der Waals surface area contributed by atoms with Gasteiger partial charge in [0.1, 0.15) is 0 Å². The van der Waals surface area contributed by atoms with Crippen molar-refractivity contribution in [2.75, 3.05) is 0 Å². The largest absolute Gasteiger partial charge is 0.107 e. The van der Waals surface area contributed by atoms with Crippen LogP contribution in [0.5, 0.6) is 0 Å². The maximum Gasteiger partial charge on any atom is -0.0279 e. The van der Waals surface area contributed by atoms with E-state index in [9.17, 15) is 0 Å². The van der Waals surface area contributed by atoms with Crippen LogP contribution in [-0.2, 0) is 12.8 Å². The van der Waals surface area contributed by atoms with Crippen LogP contribution >= 0.6 is 24.0 Å². The van der Waals surface area contributed by atoms with Crippen LogP contribution in [0.4, 0.5) is 0 Å². The van der Waals surface area contributed by atoms with Gasteiger partial charge >= 0.3 is 0 Å². The molecule has 0 spiro atoms. The highest BCUT2D eigenvalue weighted by atomic mass is 127. The van der Waals surface area contributed by atoms with Gasteiger partial charge in [-0.05, 0) is 24.0 Å². The highest BCUT2D eigenvalue weighted by Gasteiger charge is 1.96. The molecule has 0 radical (unpaired) electrons. The molecule has 0 heterocycles. The lowest BCUT2D eigenvalue weighted by Gasteiger charge is -2.04. The van der Waals surface area contributed by atoms with Gasteiger partial charge in [-0.3, -0.25) is 0 Å². The van der Waals surface area contributed by atoms with Crippen LogP contribution in [0.2, 0.25) is 0 Å². The zero-order valence-corrected chi connectivity index (χ0v) is 12.2. The van der Waals surface area contributed by atoms with E-state index in [0.717, 1.165) is 6.42 Å². The van der Waals surface area contributed by atoms with E-state index < -0.39 is 0 Å². The molecule has 0 saturated carbocycles. The highest BCUT2D eigenvalue weighted by molar-refractivity contribution is 14.0. The van der Waals surface area contributed by atoms with Crippen LogP contribution < -0.4 is 0 Å². The molecule has 0 unspecified atom stereocenters. The lowest BCUT2D eigenvalue weighted by molar-refractivity contribution is 0.899. The molecule has 0 atom stereocenters. The van der Waals surface area contributed by atoms with Gasteiger partial charge in [-0.2, -0.15) is 0 Å². The third-order valence-corrected chi connectivity index (χ3v) is 2.02. The minimum Gasteiger partial charge on any atom is -0.107 e. The summed E-state index contributed by atoms with van der Waals surface area (Å²) in [6.45, 7) is 8.45. The summed E-state index contributed by atoms with van der Waals surface area (Å²) in [4.78, 5) is 0. The fourth-order valence-corrected chi connectivity index (χ4v) is 1.42. The Balaban J connectivity index is 0. The lowest BCUT2D eigenvalue weighted by atomic mass is 10.0. The molecule has 14 heavy (non-hydrogen) atoms. The third kappa shape index (κ3) is 5.63. The Hall–Kier alpha value is -0.0500. The Morgan fingerprint density at radius 1 is 0.929 bits per heavy atom. The summed E-state index contributed by atoms with van der Waals surface area (Å²) in [5.41, 5.74) is 3.03. The molecule has 0 saturated heterocycles. The number of aryl methyl sites for hydroxylation is 2. The molecule has 0 nitrogen and oxygen atoms in total. The number of hydrogen-bond donors (Lipinski definition) is 0. The van der Waals surface area contributed by atoms with E-state index in [-0.39, 0.29) is 24.0 Å². The highest BCUT2D eigenvalue weighted by Crippen LogP contribution is 2.10. The SMILES string of the molecule is CC.CCCc1ccccc1CC.I. The average molecular weight is 306 g/mol. The van der Waals surface area contributed by atoms with Crippen molar-refractivity contribution in [2.45, 2.75) is 47.0 Å². The summed E-state index contributed by atoms with van der Waals surface area (Å²) < 4.78 is 0. The third-order valence-electron chi connectivity index (χ3n) is 2.02. The predicted molar refractivity (Wildman–Crippen MR) is 76.6 cm³/mol. The van der Waals surface area contributed by atoms with Gasteiger partial charge in [-0.15, -0.1) is 24.0 Å². The number of halogens is 1. The predicted octanol–water partition coefficient (Wildman–Crippen LogP) is 4.85. The Labute approximate surface area is 106 Å². The Morgan fingerprint density at radius 3 is 1.86 bits per heavy atom. The molecule has 1 aromatic carbocycles. The fourth-order valence-electron chi connectivity index (χ4n) is 1.42. The van der Waals surface area contributed by atoms with E-state index >= 15 is 0 Å². The van der Waals surface area contributed by atoms with E-state index in [2.05, 4.69) is 38.1 Å². The Kier molecular flexibility index (Phi) is 12.9. The van der Waals surface area contributed by atoms with Crippen molar-refractivity contribution < 1.29 is 0 Å². The minimum atomic E-state index is 0. The van der Waals surface area contributed by atoms with Gasteiger partial charge < -0.3 is 0 Å². The van der Waals surface area contributed by atoms with E-state index in [0.29, 0.717) is 0 Å². The van der Waals surface area contributed by atoms with Gasteiger partial charge in [0.05, 0.1) is 0 Å². The van der Waals surface area contributed by atoms with Crippen molar-refractivity contribution in [1.82, 2.24) is 0 Å². The van der Waals surface area contributed by atoms with Gasteiger partial charge in [0, 0.05) is 0 Å². The maximum atomic E-state index is 2.24. The molecule has 1 heteroatoms. The molecule has 0 bridgehead atoms. The first kappa shape index (κ1) is 16.4. The molecule has 0 aliphatic rings. The molecule has 0 aromatic heterocycles. The van der Waals surface area contributed by atoms with E-state index in [1.807, 2.05) is 13.8 Å². The fraction of sp³-hybridized carbons (Fsp3) is 0.538. The smallest absolute Gasteiger partial charge is 0.0279 e. The van der Waals surface area contributed by atoms with Gasteiger partial charge in [0.15, 0.2) is 0 Å². The summed E-state index contributed by atoms with van der Waals surface area (Å²) in [5, 5.41) is 0. The average Bonchev–Trinajstić information content (AvgIpc) is 2.22. The summed E-state index contributed by atoms with van der Waals surface area (Å²) in [5.74, 6) is 0. The van der Waals surface area contributed by atoms with Gasteiger partial charge in [0.25, 0.3) is 0 Å². The minimum absolute atomic E-state index is 0. The molecule has 1 rings (SSSR count). The molecule has 0 N–H and O–H groups in total. The maximum absolute atomic E-state index is 2.24. The van der Waals surface area contributed by atoms with Crippen LogP contribution in [0.25, 0.3) is 0 Å². The van der Waals surface area contributed by atoms with Crippen LogP contribution in [0, 0.1) is 0 Å². The first-order valence-electron chi connectivity index (χ1n) is 5.45. The van der Waals surface area contributed by atoms with Crippen molar-refractivity contribution in [1.29, 1.82) is 0 Å². The molecular weight excluding hydrogens is 283 g/mol. The zero-order chi connectivity index (χ0) is 10.1. The second-order valence-electron chi connectivity index (χ2n) is 2.87. The van der Waals surface area contributed by atoms with Crippen molar-refractivity contribution in [3.63, 3.8) is 0 Å². The standard InChI is InChI=1S/C11H16.C2H6.HI/c1-3-7-11-9-6-5-8-10(11)4-2;1-2;/h5-6,8-9H,3-4,7H2,1-2H3;1-2H3;1H. The zero-order valence-electron chi connectivity index (χ0n) is 9.84. The Bertz CT molecular complexity index is 218. The van der Waals surface area contributed by atoms with Gasteiger partial charge in [-0.25, -0.2) is 0 Å². The second-order valence-corrected chi connectivity index (χ2v) is 2.87. The summed E-state index contributed by atoms with van der Waals surface area (Å²) in [6.07, 6.45) is 3.64. The Morgan fingerprint density at radius 2 is 1.43 bits per heavy atom. The number of rotatable bonds is 3. The van der Waals surface area contributed by atoms with Crippen molar-refractivity contribution in [3.05, 3.63) is 35.4 Å². The number of benzene rings is 1. The molecule has 82 valence electrons. The van der Waals surface area contributed by atoms with Crippen LogP contribution in [0.1, 0.15) is 45.2 Å².